The zero-order valence-electron chi connectivity index (χ0n) is 16.5. The number of rotatable bonds is 10. The summed E-state index contributed by atoms with van der Waals surface area (Å²) in [6, 6.07) is 7.93. The maximum atomic E-state index is 12.3. The fourth-order valence-electron chi connectivity index (χ4n) is 3.62. The second-order valence-corrected chi connectivity index (χ2v) is 7.75. The van der Waals surface area contributed by atoms with Crippen LogP contribution >= 0.6 is 0 Å². The molecule has 146 valence electrons. The van der Waals surface area contributed by atoms with Crippen LogP contribution in [-0.4, -0.2) is 29.7 Å². The largest absolute Gasteiger partial charge is 0.393 e. The van der Waals surface area contributed by atoms with Crippen molar-refractivity contribution in [2.75, 3.05) is 11.9 Å². The maximum absolute atomic E-state index is 12.3. The Bertz CT molecular complexity index is 529. The molecule has 1 fully saturated rings. The van der Waals surface area contributed by atoms with Gasteiger partial charge in [0.2, 0.25) is 5.91 Å². The lowest BCUT2D eigenvalue weighted by Gasteiger charge is -2.26. The summed E-state index contributed by atoms with van der Waals surface area (Å²) in [5, 5.41) is 15.8. The van der Waals surface area contributed by atoms with Gasteiger partial charge < -0.3 is 15.7 Å². The minimum Gasteiger partial charge on any atom is -0.393 e. The molecule has 1 aliphatic rings. The summed E-state index contributed by atoms with van der Waals surface area (Å²) in [5.41, 5.74) is 2.16. The van der Waals surface area contributed by atoms with Crippen LogP contribution in [0.5, 0.6) is 0 Å². The molecule has 0 radical (unpaired) electrons. The molecule has 0 saturated carbocycles. The third kappa shape index (κ3) is 7.08. The van der Waals surface area contributed by atoms with Crippen LogP contribution in [-0.2, 0) is 4.79 Å². The molecule has 4 heteroatoms. The number of unbranched alkanes of at least 4 members (excludes halogenated alkanes) is 5. The molecule has 0 aromatic heterocycles. The number of nitrogens with one attached hydrogen (secondary N) is 2. The average Bonchev–Trinajstić information content (AvgIpc) is 2.65. The Labute approximate surface area is 158 Å². The molecule has 1 aromatic carbocycles. The number of anilines is 1. The van der Waals surface area contributed by atoms with Gasteiger partial charge in [-0.2, -0.15) is 0 Å². The molecule has 3 N–H and O–H groups in total. The molecule has 2 unspecified atom stereocenters. The third-order valence-corrected chi connectivity index (χ3v) is 5.43. The first-order valence-electron chi connectivity index (χ1n) is 10.4. The number of piperidine rings is 1. The number of amides is 1. The first kappa shape index (κ1) is 20.9. The van der Waals surface area contributed by atoms with Gasteiger partial charge in [0.15, 0.2) is 0 Å². The van der Waals surface area contributed by atoms with E-state index in [1.165, 1.54) is 50.5 Å². The van der Waals surface area contributed by atoms with Crippen LogP contribution in [0.1, 0.15) is 83.1 Å². The molecule has 0 spiro atoms. The Morgan fingerprint density at radius 2 is 1.88 bits per heavy atom. The molecule has 3 atom stereocenters. The highest BCUT2D eigenvalue weighted by molar-refractivity contribution is 5.94. The van der Waals surface area contributed by atoms with Crippen LogP contribution in [0, 0.1) is 0 Å². The molecule has 1 amide bonds. The smallest absolute Gasteiger partial charge is 0.241 e. The average molecular weight is 361 g/mol. The summed E-state index contributed by atoms with van der Waals surface area (Å²) in [6.45, 7) is 5.23. The topological polar surface area (TPSA) is 61.4 Å². The molecule has 0 bridgehead atoms. The van der Waals surface area contributed by atoms with Crippen molar-refractivity contribution < 1.29 is 9.90 Å². The number of carbonyl (C=O) groups excluding carboxylic acids is 1. The summed E-state index contributed by atoms with van der Waals surface area (Å²) in [5.74, 6) is 0.498. The minimum atomic E-state index is -0.378. The lowest BCUT2D eigenvalue weighted by atomic mass is 9.94. The summed E-state index contributed by atoms with van der Waals surface area (Å²) in [4.78, 5) is 12.3. The first-order valence-corrected chi connectivity index (χ1v) is 10.4. The second kappa shape index (κ2) is 11.3. The molecule has 1 heterocycles. The highest BCUT2D eigenvalue weighted by Crippen LogP contribution is 2.24. The van der Waals surface area contributed by atoms with Crippen LogP contribution in [0.3, 0.4) is 0 Å². The number of hydrogen-bond donors (Lipinski definition) is 3. The SMILES string of the molecule is CCCCCCCCC(C)c1ccc(NC(=O)C2C[C@@H](O)CCN2)cc1. The van der Waals surface area contributed by atoms with E-state index in [0.717, 1.165) is 12.1 Å². The Balaban J connectivity index is 1.73. The van der Waals surface area contributed by atoms with Crippen molar-refractivity contribution >= 4 is 11.6 Å². The van der Waals surface area contributed by atoms with E-state index in [1.807, 2.05) is 12.1 Å². The van der Waals surface area contributed by atoms with E-state index in [9.17, 15) is 9.90 Å². The summed E-state index contributed by atoms with van der Waals surface area (Å²) >= 11 is 0. The van der Waals surface area contributed by atoms with Gasteiger partial charge in [-0.3, -0.25) is 4.79 Å². The van der Waals surface area contributed by atoms with E-state index < -0.39 is 0 Å². The fraction of sp³-hybridized carbons (Fsp3) is 0.682. The monoisotopic (exact) mass is 360 g/mol. The van der Waals surface area contributed by atoms with Crippen molar-refractivity contribution in [2.45, 2.75) is 89.7 Å². The van der Waals surface area contributed by atoms with Crippen molar-refractivity contribution in [2.24, 2.45) is 0 Å². The highest BCUT2D eigenvalue weighted by Gasteiger charge is 2.25. The predicted molar refractivity (Wildman–Crippen MR) is 109 cm³/mol. The Morgan fingerprint density at radius 1 is 1.19 bits per heavy atom. The molecular weight excluding hydrogens is 324 g/mol. The fourth-order valence-corrected chi connectivity index (χ4v) is 3.62. The summed E-state index contributed by atoms with van der Waals surface area (Å²) < 4.78 is 0. The second-order valence-electron chi connectivity index (χ2n) is 7.75. The van der Waals surface area contributed by atoms with Crippen molar-refractivity contribution in [1.82, 2.24) is 5.32 Å². The quantitative estimate of drug-likeness (QED) is 0.535. The Hall–Kier alpha value is -1.39. The lowest BCUT2D eigenvalue weighted by Crippen LogP contribution is -2.47. The zero-order chi connectivity index (χ0) is 18.8. The van der Waals surface area contributed by atoms with Gasteiger partial charge in [0.1, 0.15) is 0 Å². The van der Waals surface area contributed by atoms with Gasteiger partial charge in [-0.25, -0.2) is 0 Å². The van der Waals surface area contributed by atoms with Gasteiger partial charge in [0, 0.05) is 5.69 Å². The number of carbonyl (C=O) groups is 1. The summed E-state index contributed by atoms with van der Waals surface area (Å²) in [6.07, 6.45) is 10.1. The van der Waals surface area contributed by atoms with Crippen molar-refractivity contribution in [3.8, 4) is 0 Å². The van der Waals surface area contributed by atoms with Crippen LogP contribution in [0.15, 0.2) is 24.3 Å². The van der Waals surface area contributed by atoms with E-state index in [-0.39, 0.29) is 18.1 Å². The third-order valence-electron chi connectivity index (χ3n) is 5.43. The summed E-state index contributed by atoms with van der Waals surface area (Å²) in [7, 11) is 0. The molecule has 1 aromatic rings. The standard InChI is InChI=1S/C22H36N2O2/c1-3-4-5-6-7-8-9-17(2)18-10-12-19(13-11-18)24-22(26)21-16-20(25)14-15-23-21/h10-13,17,20-21,23,25H,3-9,14-16H2,1-2H3,(H,24,26)/t17?,20-,21?/m0/s1. The number of aliphatic hydroxyl groups excluding tert-OH is 1. The molecular formula is C22H36N2O2. The van der Waals surface area contributed by atoms with Crippen molar-refractivity contribution in [3.63, 3.8) is 0 Å². The van der Waals surface area contributed by atoms with Crippen molar-refractivity contribution in [3.05, 3.63) is 29.8 Å². The van der Waals surface area contributed by atoms with E-state index in [1.54, 1.807) is 0 Å². The van der Waals surface area contributed by atoms with E-state index in [2.05, 4.69) is 36.6 Å². The van der Waals surface area contributed by atoms with E-state index >= 15 is 0 Å². The van der Waals surface area contributed by atoms with Gasteiger partial charge in [-0.15, -0.1) is 0 Å². The normalized spacial score (nSPS) is 21.3. The molecule has 0 aliphatic carbocycles. The maximum Gasteiger partial charge on any atom is 0.241 e. The predicted octanol–water partition coefficient (Wildman–Crippen LogP) is 4.59. The van der Waals surface area contributed by atoms with Gasteiger partial charge in [-0.05, 0) is 49.4 Å². The van der Waals surface area contributed by atoms with Crippen LogP contribution in [0.2, 0.25) is 0 Å². The van der Waals surface area contributed by atoms with Gasteiger partial charge in [0.05, 0.1) is 12.1 Å². The van der Waals surface area contributed by atoms with Gasteiger partial charge >= 0.3 is 0 Å². The van der Waals surface area contributed by atoms with Crippen molar-refractivity contribution in [1.29, 1.82) is 0 Å². The molecule has 1 aliphatic heterocycles. The number of benzene rings is 1. The molecule has 26 heavy (non-hydrogen) atoms. The molecule has 1 saturated heterocycles. The number of aliphatic hydroxyl groups is 1. The molecule has 2 rings (SSSR count). The van der Waals surface area contributed by atoms with Crippen LogP contribution in [0.25, 0.3) is 0 Å². The molecule has 4 nitrogen and oxygen atoms in total. The van der Waals surface area contributed by atoms with E-state index in [0.29, 0.717) is 18.9 Å². The van der Waals surface area contributed by atoms with Crippen LogP contribution < -0.4 is 10.6 Å². The zero-order valence-corrected chi connectivity index (χ0v) is 16.5. The first-order chi connectivity index (χ1) is 12.6. The van der Waals surface area contributed by atoms with Crippen LogP contribution in [0.4, 0.5) is 5.69 Å². The Morgan fingerprint density at radius 3 is 2.58 bits per heavy atom. The Kier molecular flexibility index (Phi) is 9.13. The van der Waals surface area contributed by atoms with Gasteiger partial charge in [0.25, 0.3) is 0 Å². The van der Waals surface area contributed by atoms with Gasteiger partial charge in [-0.1, -0.05) is 64.5 Å². The highest BCUT2D eigenvalue weighted by atomic mass is 16.3. The minimum absolute atomic E-state index is 0.0587. The lowest BCUT2D eigenvalue weighted by molar-refractivity contribution is -0.119. The number of hydrogen-bond acceptors (Lipinski definition) is 3. The van der Waals surface area contributed by atoms with E-state index in [4.69, 9.17) is 0 Å².